The molecule has 4 nitrogen and oxygen atoms in total. The van der Waals surface area contributed by atoms with Crippen LogP contribution in [-0.4, -0.2) is 33.3 Å². The van der Waals surface area contributed by atoms with Gasteiger partial charge in [-0.15, -0.1) is 0 Å². The zero-order chi connectivity index (χ0) is 16.1. The second kappa shape index (κ2) is 7.38. The second-order valence-electron chi connectivity index (χ2n) is 5.62. The Hall–Kier alpha value is -1.91. The van der Waals surface area contributed by atoms with E-state index < -0.39 is 0 Å². The Kier molecular flexibility index (Phi) is 5.52. The summed E-state index contributed by atoms with van der Waals surface area (Å²) >= 11 is 0. The third-order valence-electron chi connectivity index (χ3n) is 3.81. The summed E-state index contributed by atoms with van der Waals surface area (Å²) in [6.45, 7) is 7.49. The van der Waals surface area contributed by atoms with Gasteiger partial charge in [-0.2, -0.15) is 0 Å². The number of carbonyl (C=O) groups is 1. The maximum absolute atomic E-state index is 13.5. The number of aryl methyl sites for hydroxylation is 1. The number of fused-ring (bicyclic) bond motifs is 1. The molecular formula is C17H24FN3O. The molecule has 2 aromatic heterocycles. The van der Waals surface area contributed by atoms with E-state index in [1.54, 1.807) is 17.4 Å². The van der Waals surface area contributed by atoms with Crippen LogP contribution in [-0.2, 0) is 0 Å². The van der Waals surface area contributed by atoms with Crippen molar-refractivity contribution < 1.29 is 9.18 Å². The summed E-state index contributed by atoms with van der Waals surface area (Å²) in [4.78, 5) is 19.1. The molecule has 0 saturated heterocycles. The third kappa shape index (κ3) is 3.46. The fourth-order valence-electron chi connectivity index (χ4n) is 2.56. The molecule has 0 spiro atoms. The van der Waals surface area contributed by atoms with E-state index >= 15 is 0 Å². The first-order valence-electron chi connectivity index (χ1n) is 8.02. The molecule has 0 bridgehead atoms. The summed E-state index contributed by atoms with van der Waals surface area (Å²) in [5.41, 5.74) is 1.73. The molecular weight excluding hydrogens is 281 g/mol. The van der Waals surface area contributed by atoms with Gasteiger partial charge in [0.1, 0.15) is 17.2 Å². The number of carbonyl (C=O) groups excluding carboxylic acids is 1. The molecule has 120 valence electrons. The van der Waals surface area contributed by atoms with Crippen LogP contribution in [0, 0.1) is 12.7 Å². The zero-order valence-electron chi connectivity index (χ0n) is 13.6. The van der Waals surface area contributed by atoms with E-state index in [4.69, 9.17) is 0 Å². The minimum atomic E-state index is -0.368. The molecule has 0 unspecified atom stereocenters. The van der Waals surface area contributed by atoms with Crippen LogP contribution in [0.1, 0.15) is 55.7 Å². The summed E-state index contributed by atoms with van der Waals surface area (Å²) in [7, 11) is 0. The van der Waals surface area contributed by atoms with Gasteiger partial charge < -0.3 is 4.90 Å². The van der Waals surface area contributed by atoms with Crippen LogP contribution < -0.4 is 0 Å². The number of hydrogen-bond donors (Lipinski definition) is 0. The van der Waals surface area contributed by atoms with E-state index in [-0.39, 0.29) is 11.7 Å². The van der Waals surface area contributed by atoms with E-state index in [9.17, 15) is 9.18 Å². The molecule has 0 aliphatic heterocycles. The lowest BCUT2D eigenvalue weighted by atomic mass is 10.2. The topological polar surface area (TPSA) is 37.6 Å². The van der Waals surface area contributed by atoms with E-state index in [1.165, 1.54) is 12.3 Å². The molecule has 1 amide bonds. The number of unbranched alkanes of at least 4 members (excludes halogenated alkanes) is 2. The van der Waals surface area contributed by atoms with Gasteiger partial charge in [-0.05, 0) is 31.9 Å². The number of amides is 1. The van der Waals surface area contributed by atoms with Crippen molar-refractivity contribution in [2.75, 3.05) is 13.1 Å². The van der Waals surface area contributed by atoms with Crippen LogP contribution in [0.3, 0.4) is 0 Å². The van der Waals surface area contributed by atoms with Gasteiger partial charge in [0.15, 0.2) is 0 Å². The smallest absolute Gasteiger partial charge is 0.272 e. The molecule has 0 aliphatic carbocycles. The Balaban J connectivity index is 2.36. The van der Waals surface area contributed by atoms with Gasteiger partial charge in [0, 0.05) is 19.3 Å². The summed E-state index contributed by atoms with van der Waals surface area (Å²) in [6.07, 6.45) is 5.35. The van der Waals surface area contributed by atoms with E-state index in [0.29, 0.717) is 17.0 Å². The summed E-state index contributed by atoms with van der Waals surface area (Å²) in [6, 6.07) is 2.96. The van der Waals surface area contributed by atoms with E-state index in [0.717, 1.165) is 38.8 Å². The lowest BCUT2D eigenvalue weighted by Gasteiger charge is -2.22. The summed E-state index contributed by atoms with van der Waals surface area (Å²) in [5.74, 6) is -0.426. The highest BCUT2D eigenvalue weighted by Crippen LogP contribution is 2.16. The number of hydrogen-bond acceptors (Lipinski definition) is 2. The molecule has 2 rings (SSSR count). The Morgan fingerprint density at radius 3 is 2.45 bits per heavy atom. The van der Waals surface area contributed by atoms with Crippen LogP contribution in [0.2, 0.25) is 0 Å². The van der Waals surface area contributed by atoms with Crippen molar-refractivity contribution in [1.29, 1.82) is 0 Å². The highest BCUT2D eigenvalue weighted by atomic mass is 19.1. The Morgan fingerprint density at radius 1 is 1.23 bits per heavy atom. The zero-order valence-corrected chi connectivity index (χ0v) is 13.6. The van der Waals surface area contributed by atoms with Crippen molar-refractivity contribution in [3.05, 3.63) is 35.5 Å². The molecule has 5 heteroatoms. The number of aromatic nitrogens is 2. The first-order valence-corrected chi connectivity index (χ1v) is 8.02. The molecule has 0 fully saturated rings. The molecule has 0 radical (unpaired) electrons. The van der Waals surface area contributed by atoms with Crippen LogP contribution in [0.15, 0.2) is 18.3 Å². The van der Waals surface area contributed by atoms with Crippen LogP contribution in [0.4, 0.5) is 4.39 Å². The first kappa shape index (κ1) is 16.5. The van der Waals surface area contributed by atoms with Crippen LogP contribution in [0.5, 0.6) is 0 Å². The largest absolute Gasteiger partial charge is 0.337 e. The standard InChI is InChI=1S/C17H24FN3O/c1-4-6-10-20(11-7-5-2)17(22)16-13(3)19-15-9-8-14(18)12-21(15)16/h8-9,12H,4-7,10-11H2,1-3H3. The van der Waals surface area contributed by atoms with Crippen molar-refractivity contribution in [2.24, 2.45) is 0 Å². The Labute approximate surface area is 131 Å². The highest BCUT2D eigenvalue weighted by Gasteiger charge is 2.22. The third-order valence-corrected chi connectivity index (χ3v) is 3.81. The SMILES string of the molecule is CCCCN(CCCC)C(=O)c1c(C)nc2ccc(F)cn12. The second-order valence-corrected chi connectivity index (χ2v) is 5.62. The van der Waals surface area contributed by atoms with Gasteiger partial charge >= 0.3 is 0 Å². The number of halogens is 1. The molecule has 22 heavy (non-hydrogen) atoms. The number of nitrogens with zero attached hydrogens (tertiary/aromatic N) is 3. The molecule has 0 aromatic carbocycles. The number of rotatable bonds is 7. The number of imidazole rings is 1. The maximum Gasteiger partial charge on any atom is 0.272 e. The molecule has 0 N–H and O–H groups in total. The van der Waals surface area contributed by atoms with Crippen molar-refractivity contribution in [1.82, 2.24) is 14.3 Å². The molecule has 2 heterocycles. The van der Waals surface area contributed by atoms with Gasteiger partial charge in [0.2, 0.25) is 0 Å². The average molecular weight is 305 g/mol. The van der Waals surface area contributed by atoms with Gasteiger partial charge in [0.05, 0.1) is 5.69 Å². The van der Waals surface area contributed by atoms with Crippen LogP contribution >= 0.6 is 0 Å². The van der Waals surface area contributed by atoms with Gasteiger partial charge in [0.25, 0.3) is 5.91 Å². The fourth-order valence-corrected chi connectivity index (χ4v) is 2.56. The summed E-state index contributed by atoms with van der Waals surface area (Å²) in [5, 5.41) is 0. The predicted octanol–water partition coefficient (Wildman–Crippen LogP) is 3.82. The monoisotopic (exact) mass is 305 g/mol. The molecule has 0 aliphatic rings. The van der Waals surface area contributed by atoms with Crippen molar-refractivity contribution in [2.45, 2.75) is 46.5 Å². The lowest BCUT2D eigenvalue weighted by molar-refractivity contribution is 0.0743. The van der Waals surface area contributed by atoms with E-state index in [2.05, 4.69) is 18.8 Å². The predicted molar refractivity (Wildman–Crippen MR) is 85.6 cm³/mol. The highest BCUT2D eigenvalue weighted by molar-refractivity contribution is 5.94. The van der Waals surface area contributed by atoms with Crippen LogP contribution in [0.25, 0.3) is 5.65 Å². The molecule has 0 atom stereocenters. The first-order chi connectivity index (χ1) is 10.6. The lowest BCUT2D eigenvalue weighted by Crippen LogP contribution is -2.34. The van der Waals surface area contributed by atoms with Crippen molar-refractivity contribution in [3.8, 4) is 0 Å². The maximum atomic E-state index is 13.5. The number of pyridine rings is 1. The minimum Gasteiger partial charge on any atom is -0.337 e. The van der Waals surface area contributed by atoms with Gasteiger partial charge in [-0.25, -0.2) is 9.37 Å². The normalized spacial score (nSPS) is 11.1. The molecule has 0 saturated carbocycles. The van der Waals surface area contributed by atoms with Crippen molar-refractivity contribution >= 4 is 11.6 Å². The average Bonchev–Trinajstić information content (AvgIpc) is 2.82. The van der Waals surface area contributed by atoms with Gasteiger partial charge in [-0.1, -0.05) is 26.7 Å². The molecule has 2 aromatic rings. The quantitative estimate of drug-likeness (QED) is 0.780. The Morgan fingerprint density at radius 2 is 1.86 bits per heavy atom. The van der Waals surface area contributed by atoms with E-state index in [1.807, 2.05) is 4.90 Å². The fraction of sp³-hybridized carbons (Fsp3) is 0.529. The van der Waals surface area contributed by atoms with Crippen molar-refractivity contribution in [3.63, 3.8) is 0 Å². The summed E-state index contributed by atoms with van der Waals surface area (Å²) < 4.78 is 15.1. The van der Waals surface area contributed by atoms with Gasteiger partial charge in [-0.3, -0.25) is 9.20 Å². The minimum absolute atomic E-state index is 0.0579. The Bertz CT molecular complexity index is 643.